The lowest BCUT2D eigenvalue weighted by molar-refractivity contribution is 0.461. The van der Waals surface area contributed by atoms with Crippen LogP contribution in [0, 0.1) is 0 Å². The van der Waals surface area contributed by atoms with Gasteiger partial charge in [0.1, 0.15) is 0 Å². The van der Waals surface area contributed by atoms with Gasteiger partial charge in [-0.15, -0.1) is 11.3 Å². The molecule has 1 N–H and O–H groups in total. The summed E-state index contributed by atoms with van der Waals surface area (Å²) in [4.78, 5) is 3.25. The first-order valence-corrected chi connectivity index (χ1v) is 8.57. The third-order valence-electron chi connectivity index (χ3n) is 4.47. The highest BCUT2D eigenvalue weighted by Crippen LogP contribution is 2.29. The first-order chi connectivity index (χ1) is 8.92. The fourth-order valence-corrected chi connectivity index (χ4v) is 4.58. The molecule has 1 heterocycles. The largest absolute Gasteiger partial charge is 0.309 e. The van der Waals surface area contributed by atoms with Crippen molar-refractivity contribution in [2.45, 2.75) is 76.8 Å². The van der Waals surface area contributed by atoms with Crippen molar-refractivity contribution in [1.29, 1.82) is 0 Å². The van der Waals surface area contributed by atoms with Crippen molar-refractivity contribution in [2.75, 3.05) is 0 Å². The summed E-state index contributed by atoms with van der Waals surface area (Å²) in [6, 6.07) is 3.26. The van der Waals surface area contributed by atoms with Gasteiger partial charge >= 0.3 is 0 Å². The predicted octanol–water partition coefficient (Wildman–Crippen LogP) is 4.44. The van der Waals surface area contributed by atoms with Crippen molar-refractivity contribution in [3.05, 3.63) is 21.4 Å². The van der Waals surface area contributed by atoms with E-state index in [2.05, 4.69) is 22.7 Å². The average Bonchev–Trinajstić information content (AvgIpc) is 2.63. The van der Waals surface area contributed by atoms with Crippen LogP contribution >= 0.6 is 11.3 Å². The van der Waals surface area contributed by atoms with Crippen LogP contribution in [0.1, 0.15) is 66.7 Å². The molecular weight excluding hydrogens is 238 g/mol. The molecule has 2 heteroatoms. The van der Waals surface area contributed by atoms with E-state index in [0.29, 0.717) is 0 Å². The average molecular weight is 263 g/mol. The Morgan fingerprint density at radius 2 is 1.78 bits per heavy atom. The summed E-state index contributed by atoms with van der Waals surface area (Å²) < 4.78 is 0. The Bertz CT molecular complexity index is 351. The molecule has 0 unspecified atom stereocenters. The minimum Gasteiger partial charge on any atom is -0.309 e. The predicted molar refractivity (Wildman–Crippen MR) is 79.3 cm³/mol. The van der Waals surface area contributed by atoms with E-state index in [4.69, 9.17) is 0 Å². The molecule has 1 aromatic rings. The van der Waals surface area contributed by atoms with E-state index in [9.17, 15) is 0 Å². The van der Waals surface area contributed by atoms with Crippen LogP contribution < -0.4 is 5.32 Å². The Kier molecular flexibility index (Phi) is 4.37. The van der Waals surface area contributed by atoms with Gasteiger partial charge in [0, 0.05) is 22.3 Å². The van der Waals surface area contributed by atoms with Gasteiger partial charge in [0.15, 0.2) is 0 Å². The lowest BCUT2D eigenvalue weighted by Gasteiger charge is -2.15. The maximum absolute atomic E-state index is 3.80. The first kappa shape index (κ1) is 12.7. The summed E-state index contributed by atoms with van der Waals surface area (Å²) in [5, 5.41) is 3.80. The molecule has 100 valence electrons. The Morgan fingerprint density at radius 3 is 2.56 bits per heavy atom. The zero-order valence-electron chi connectivity index (χ0n) is 11.3. The summed E-state index contributed by atoms with van der Waals surface area (Å²) in [7, 11) is 0. The maximum Gasteiger partial charge on any atom is 0.0302 e. The van der Waals surface area contributed by atoms with Gasteiger partial charge in [0.25, 0.3) is 0 Å². The van der Waals surface area contributed by atoms with E-state index in [1.165, 1.54) is 64.2 Å². The maximum atomic E-state index is 3.80. The van der Waals surface area contributed by atoms with Gasteiger partial charge in [0.2, 0.25) is 0 Å². The first-order valence-electron chi connectivity index (χ1n) is 7.75. The second kappa shape index (κ2) is 6.21. The molecule has 0 atom stereocenters. The van der Waals surface area contributed by atoms with Crippen LogP contribution in [0.15, 0.2) is 6.07 Å². The number of thiophene rings is 1. The zero-order valence-corrected chi connectivity index (χ0v) is 12.2. The van der Waals surface area contributed by atoms with Crippen LogP contribution in [0.5, 0.6) is 0 Å². The fraction of sp³-hybridized carbons (Fsp3) is 0.750. The SMILES string of the molecule is c1c(CNC2CCCCCC2)sc2c1CCCC2. The van der Waals surface area contributed by atoms with Crippen molar-refractivity contribution in [3.63, 3.8) is 0 Å². The molecule has 2 aliphatic carbocycles. The molecule has 0 spiro atoms. The van der Waals surface area contributed by atoms with Gasteiger partial charge in [-0.25, -0.2) is 0 Å². The number of rotatable bonds is 3. The smallest absolute Gasteiger partial charge is 0.0302 e. The minimum absolute atomic E-state index is 0.784. The molecule has 1 saturated carbocycles. The van der Waals surface area contributed by atoms with E-state index in [1.54, 1.807) is 15.3 Å². The van der Waals surface area contributed by atoms with Crippen molar-refractivity contribution >= 4 is 11.3 Å². The summed E-state index contributed by atoms with van der Waals surface area (Å²) >= 11 is 2.07. The van der Waals surface area contributed by atoms with Crippen molar-refractivity contribution < 1.29 is 0 Å². The third-order valence-corrected chi connectivity index (χ3v) is 5.70. The second-order valence-electron chi connectivity index (χ2n) is 5.94. The van der Waals surface area contributed by atoms with Gasteiger partial charge in [0.05, 0.1) is 0 Å². The van der Waals surface area contributed by atoms with E-state index in [-0.39, 0.29) is 0 Å². The van der Waals surface area contributed by atoms with Gasteiger partial charge in [-0.05, 0) is 50.2 Å². The van der Waals surface area contributed by atoms with Gasteiger partial charge in [-0.3, -0.25) is 0 Å². The van der Waals surface area contributed by atoms with Gasteiger partial charge < -0.3 is 5.32 Å². The molecule has 2 aliphatic rings. The van der Waals surface area contributed by atoms with E-state index in [0.717, 1.165) is 12.6 Å². The Hall–Kier alpha value is -0.340. The van der Waals surface area contributed by atoms with E-state index in [1.807, 2.05) is 0 Å². The van der Waals surface area contributed by atoms with Crippen LogP contribution in [0.4, 0.5) is 0 Å². The van der Waals surface area contributed by atoms with Crippen molar-refractivity contribution in [3.8, 4) is 0 Å². The molecule has 1 aromatic heterocycles. The fourth-order valence-electron chi connectivity index (χ4n) is 3.37. The molecule has 1 nitrogen and oxygen atoms in total. The lowest BCUT2D eigenvalue weighted by atomic mass is 9.99. The molecule has 3 rings (SSSR count). The van der Waals surface area contributed by atoms with E-state index < -0.39 is 0 Å². The van der Waals surface area contributed by atoms with Crippen LogP contribution in [0.25, 0.3) is 0 Å². The molecule has 0 aliphatic heterocycles. The highest BCUT2D eigenvalue weighted by molar-refractivity contribution is 7.12. The highest BCUT2D eigenvalue weighted by Gasteiger charge is 2.15. The van der Waals surface area contributed by atoms with Crippen molar-refractivity contribution in [1.82, 2.24) is 5.32 Å². The lowest BCUT2D eigenvalue weighted by Crippen LogP contribution is -2.27. The highest BCUT2D eigenvalue weighted by atomic mass is 32.1. The Morgan fingerprint density at radius 1 is 1.00 bits per heavy atom. The quantitative estimate of drug-likeness (QED) is 0.795. The summed E-state index contributed by atoms with van der Waals surface area (Å²) in [5.41, 5.74) is 1.66. The third kappa shape index (κ3) is 3.16. The molecular formula is C16H25NS. The summed E-state index contributed by atoms with van der Waals surface area (Å²) in [5.74, 6) is 0. The standard InChI is InChI=1S/C16H25NS/c1-2-4-9-14(8-3-1)17-12-15-11-13-7-5-6-10-16(13)18-15/h11,14,17H,1-10,12H2. The summed E-state index contributed by atoms with van der Waals surface area (Å²) in [6.07, 6.45) is 14.0. The van der Waals surface area contributed by atoms with Crippen molar-refractivity contribution in [2.24, 2.45) is 0 Å². The van der Waals surface area contributed by atoms with Gasteiger partial charge in [-0.1, -0.05) is 25.7 Å². The number of fused-ring (bicyclic) bond motifs is 1. The van der Waals surface area contributed by atoms with Gasteiger partial charge in [-0.2, -0.15) is 0 Å². The van der Waals surface area contributed by atoms with E-state index >= 15 is 0 Å². The summed E-state index contributed by atoms with van der Waals surface area (Å²) in [6.45, 7) is 1.11. The molecule has 0 aromatic carbocycles. The normalized spacial score (nSPS) is 21.6. The monoisotopic (exact) mass is 263 g/mol. The molecule has 0 saturated heterocycles. The van der Waals surface area contributed by atoms with Crippen LogP contribution in [-0.2, 0) is 19.4 Å². The van der Waals surface area contributed by atoms with Crippen LogP contribution in [0.3, 0.4) is 0 Å². The number of hydrogen-bond donors (Lipinski definition) is 1. The van der Waals surface area contributed by atoms with Crippen LogP contribution in [0.2, 0.25) is 0 Å². The molecule has 0 bridgehead atoms. The second-order valence-corrected chi connectivity index (χ2v) is 7.16. The zero-order chi connectivity index (χ0) is 12.2. The van der Waals surface area contributed by atoms with Crippen LogP contribution in [-0.4, -0.2) is 6.04 Å². The number of aryl methyl sites for hydroxylation is 2. The molecule has 18 heavy (non-hydrogen) atoms. The molecule has 1 fully saturated rings. The molecule has 0 radical (unpaired) electrons. The topological polar surface area (TPSA) is 12.0 Å². The molecule has 0 amide bonds. The Labute approximate surface area is 115 Å². The minimum atomic E-state index is 0.784. The number of nitrogens with one attached hydrogen (secondary N) is 1. The number of hydrogen-bond acceptors (Lipinski definition) is 2. The Balaban J connectivity index is 1.54.